The molecule has 4 heteroatoms. The molecule has 0 N–H and O–H groups in total. The predicted molar refractivity (Wildman–Crippen MR) is 144 cm³/mol. The molecule has 0 atom stereocenters. The van der Waals surface area contributed by atoms with Crippen molar-refractivity contribution in [2.45, 2.75) is 38.5 Å². The van der Waals surface area contributed by atoms with Gasteiger partial charge in [0.2, 0.25) is 0 Å². The SMILES string of the molecule is Cc1cc(-c2nccc3cc(C4CCCC4)ccc23)c2[se]c3ccccc3c2c1.[CH3-].[CH3-].[Cl][Ir+2]. The molecule has 0 saturated heterocycles. The summed E-state index contributed by atoms with van der Waals surface area (Å²) in [6.45, 7) is 2.21. The number of rotatable bonds is 2. The number of fused-ring (bicyclic) bond motifs is 4. The van der Waals surface area contributed by atoms with E-state index in [0.29, 0.717) is 14.5 Å². The van der Waals surface area contributed by atoms with Crippen molar-refractivity contribution in [2.75, 3.05) is 0 Å². The molecule has 0 spiro atoms. The van der Waals surface area contributed by atoms with E-state index >= 15 is 0 Å². The average Bonchev–Trinajstić information content (AvgIpc) is 3.48. The third kappa shape index (κ3) is 4.86. The van der Waals surface area contributed by atoms with Gasteiger partial charge in [-0.25, -0.2) is 0 Å². The number of benzene rings is 3. The Balaban J connectivity index is 0.000000747. The quantitative estimate of drug-likeness (QED) is 0.133. The number of hydrogen-bond acceptors (Lipinski definition) is 1. The maximum atomic E-state index is 4.90. The van der Waals surface area contributed by atoms with Gasteiger partial charge in [0, 0.05) is 0 Å². The predicted octanol–water partition coefficient (Wildman–Crippen LogP) is 8.82. The molecule has 1 nitrogen and oxygen atoms in total. The van der Waals surface area contributed by atoms with Gasteiger partial charge in [0.1, 0.15) is 0 Å². The van der Waals surface area contributed by atoms with Gasteiger partial charge in [-0.2, -0.15) is 0 Å². The molecular weight excluding hydrogens is 669 g/mol. The van der Waals surface area contributed by atoms with Gasteiger partial charge in [0.25, 0.3) is 0 Å². The van der Waals surface area contributed by atoms with E-state index in [2.05, 4.69) is 77.2 Å². The van der Waals surface area contributed by atoms with Crippen LogP contribution in [0.4, 0.5) is 0 Å². The third-order valence-electron chi connectivity index (χ3n) is 6.49. The molecule has 1 saturated carbocycles. The minimum atomic E-state index is 0. The van der Waals surface area contributed by atoms with Crippen molar-refractivity contribution in [1.82, 2.24) is 4.98 Å². The first-order valence-electron chi connectivity index (χ1n) is 10.7. The average molecular weight is 698 g/mol. The molecule has 0 aliphatic heterocycles. The number of hydrogen-bond donors (Lipinski definition) is 0. The van der Waals surface area contributed by atoms with Gasteiger partial charge in [-0.3, -0.25) is 0 Å². The first kappa shape index (κ1) is 26.1. The molecule has 0 bridgehead atoms. The van der Waals surface area contributed by atoms with Crippen LogP contribution in [0.3, 0.4) is 0 Å². The Morgan fingerprint density at radius 1 is 0.879 bits per heavy atom. The summed E-state index contributed by atoms with van der Waals surface area (Å²) >= 11 is 1.81. The number of pyridine rings is 1. The normalized spacial score (nSPS) is 13.4. The van der Waals surface area contributed by atoms with Crippen LogP contribution in [0.15, 0.2) is 66.9 Å². The van der Waals surface area contributed by atoms with Crippen molar-refractivity contribution < 1.29 is 17.9 Å². The maximum absolute atomic E-state index is 4.90. The van der Waals surface area contributed by atoms with E-state index in [9.17, 15) is 0 Å². The van der Waals surface area contributed by atoms with Crippen LogP contribution in [0, 0.1) is 21.8 Å². The summed E-state index contributed by atoms with van der Waals surface area (Å²) in [6, 6.07) is 22.9. The summed E-state index contributed by atoms with van der Waals surface area (Å²) in [5.74, 6) is 0.747. The molecular formula is C29H29ClIrNSe. The number of nitrogens with zero attached hydrogens (tertiary/aromatic N) is 1. The molecule has 33 heavy (non-hydrogen) atoms. The van der Waals surface area contributed by atoms with Gasteiger partial charge in [-0.1, -0.05) is 0 Å². The zero-order valence-corrected chi connectivity index (χ0v) is 24.2. The zero-order valence-electron chi connectivity index (χ0n) is 19.3. The second kappa shape index (κ2) is 11.3. The fourth-order valence-electron chi connectivity index (χ4n) is 5.07. The van der Waals surface area contributed by atoms with Crippen molar-refractivity contribution in [1.29, 1.82) is 0 Å². The molecule has 0 radical (unpaired) electrons. The minimum absolute atomic E-state index is 0. The molecule has 3 aromatic carbocycles. The van der Waals surface area contributed by atoms with Gasteiger partial charge >= 0.3 is 205 Å². The van der Waals surface area contributed by atoms with E-state index in [1.807, 2.05) is 6.20 Å². The monoisotopic (exact) mass is 699 g/mol. The van der Waals surface area contributed by atoms with Crippen molar-refractivity contribution in [3.05, 3.63) is 92.8 Å². The summed E-state index contributed by atoms with van der Waals surface area (Å²) in [6.07, 6.45) is 7.44. The standard InChI is InChI=1S/C27H23NSe.2CH3.ClH.Ir/c1-17-14-23-22-8-4-5-9-25(22)29-27(23)24(15-17)26-21-11-10-19(18-6-2-3-7-18)16-20(21)12-13-28-26;;;;/h4-5,8-16,18H,2-3,6-7H2,1H3;2*1H3;1H;/q;2*-1;;+3/p-1. The fraction of sp³-hybridized carbons (Fsp3) is 0.207. The second-order valence-electron chi connectivity index (χ2n) is 8.41. The zero-order chi connectivity index (χ0) is 21.4. The van der Waals surface area contributed by atoms with Crippen LogP contribution in [-0.2, 0) is 17.9 Å². The van der Waals surface area contributed by atoms with Gasteiger partial charge < -0.3 is 14.9 Å². The van der Waals surface area contributed by atoms with Crippen LogP contribution in [0.25, 0.3) is 41.3 Å². The van der Waals surface area contributed by atoms with Crippen LogP contribution in [0.5, 0.6) is 0 Å². The van der Waals surface area contributed by atoms with E-state index in [1.165, 1.54) is 90.3 Å². The molecule has 1 fully saturated rings. The van der Waals surface area contributed by atoms with Gasteiger partial charge in [-0.15, -0.1) is 0 Å². The van der Waals surface area contributed by atoms with Crippen molar-refractivity contribution >= 4 is 54.2 Å². The Bertz CT molecular complexity index is 1390. The topological polar surface area (TPSA) is 12.9 Å². The van der Waals surface area contributed by atoms with Crippen LogP contribution >= 0.6 is 9.58 Å². The van der Waals surface area contributed by atoms with Crippen LogP contribution in [0.1, 0.15) is 42.7 Å². The number of aromatic nitrogens is 1. The summed E-state index contributed by atoms with van der Waals surface area (Å²) in [5, 5.41) is 5.44. The Hall–Kier alpha value is -1.47. The number of halogens is 1. The van der Waals surface area contributed by atoms with Crippen molar-refractivity contribution in [2.24, 2.45) is 0 Å². The molecule has 6 rings (SSSR count). The molecule has 2 aromatic heterocycles. The van der Waals surface area contributed by atoms with Gasteiger partial charge in [0.05, 0.1) is 0 Å². The summed E-state index contributed by atoms with van der Waals surface area (Å²) < 4.78 is 2.98. The van der Waals surface area contributed by atoms with Gasteiger partial charge in [-0.05, 0) is 0 Å². The summed E-state index contributed by atoms with van der Waals surface area (Å²) in [5.41, 5.74) is 5.30. The van der Waals surface area contributed by atoms with E-state index < -0.39 is 0 Å². The first-order valence-corrected chi connectivity index (χ1v) is 15.4. The first-order chi connectivity index (χ1) is 15.3. The Kier molecular flexibility index (Phi) is 8.95. The summed E-state index contributed by atoms with van der Waals surface area (Å²) in [7, 11) is 4.64. The Labute approximate surface area is 218 Å². The molecule has 2 heterocycles. The fourth-order valence-corrected chi connectivity index (χ4v) is 7.59. The molecule has 1 aliphatic rings. The Morgan fingerprint density at radius 3 is 2.42 bits per heavy atom. The third-order valence-corrected chi connectivity index (χ3v) is 9.05. The van der Waals surface area contributed by atoms with Crippen LogP contribution < -0.4 is 0 Å². The van der Waals surface area contributed by atoms with Gasteiger partial charge in [0.15, 0.2) is 0 Å². The second-order valence-corrected chi connectivity index (χ2v) is 10.6. The van der Waals surface area contributed by atoms with E-state index in [0.717, 1.165) is 11.6 Å². The van der Waals surface area contributed by atoms with E-state index in [4.69, 9.17) is 4.98 Å². The number of aryl methyl sites for hydroxylation is 1. The summed E-state index contributed by atoms with van der Waals surface area (Å²) in [4.78, 5) is 4.90. The molecule has 0 unspecified atom stereocenters. The van der Waals surface area contributed by atoms with Crippen LogP contribution in [-0.4, -0.2) is 19.5 Å². The van der Waals surface area contributed by atoms with Crippen molar-refractivity contribution in [3.63, 3.8) is 0 Å². The molecule has 5 aromatic rings. The molecule has 172 valence electrons. The molecule has 0 amide bonds. The Morgan fingerprint density at radius 2 is 1.64 bits per heavy atom. The van der Waals surface area contributed by atoms with E-state index in [-0.39, 0.29) is 14.9 Å². The molecule has 1 aliphatic carbocycles. The van der Waals surface area contributed by atoms with Crippen LogP contribution in [0.2, 0.25) is 0 Å². The van der Waals surface area contributed by atoms with E-state index in [1.54, 1.807) is 0 Å². The van der Waals surface area contributed by atoms with Crippen molar-refractivity contribution in [3.8, 4) is 11.3 Å².